The summed E-state index contributed by atoms with van der Waals surface area (Å²) in [6.45, 7) is 0. The molecule has 0 N–H and O–H groups in total. The predicted molar refractivity (Wildman–Crippen MR) is 489 cm³/mol. The number of para-hydroxylation sites is 3. The van der Waals surface area contributed by atoms with E-state index in [4.69, 9.17) is 0 Å². The van der Waals surface area contributed by atoms with Gasteiger partial charge in [0.1, 0.15) is 0 Å². The molecule has 0 spiro atoms. The maximum atomic E-state index is 15.2. The van der Waals surface area contributed by atoms with Gasteiger partial charge in [0, 0.05) is 59.8 Å². The third-order valence-corrected chi connectivity index (χ3v) is 24.7. The Labute approximate surface area is 761 Å². The number of aromatic nitrogens is 4. The van der Waals surface area contributed by atoms with Crippen LogP contribution in [-0.2, 0) is 24.7 Å². The lowest BCUT2D eigenvalue weighted by molar-refractivity contribution is -0.144. The maximum Gasteiger partial charge on any atom is 0.416 e. The van der Waals surface area contributed by atoms with Crippen LogP contribution in [0, 0.1) is 113 Å². The molecule has 0 atom stereocenters. The van der Waals surface area contributed by atoms with Crippen LogP contribution in [0.5, 0.6) is 0 Å². The zero-order valence-corrected chi connectivity index (χ0v) is 69.5. The molecule has 26 heteroatoms. The average molecular weight is 1790 g/mol. The molecule has 642 valence electrons. The Morgan fingerprint density at radius 1 is 0.176 bits per heavy atom. The van der Waals surface area contributed by atoms with Crippen molar-refractivity contribution in [3.63, 3.8) is 0 Å². The van der Waals surface area contributed by atoms with E-state index in [9.17, 15) is 52.6 Å². The van der Waals surface area contributed by atoms with Gasteiger partial charge in [0.25, 0.3) is 0 Å². The number of halogens is 12. The van der Waals surface area contributed by atoms with Gasteiger partial charge < -0.3 is 18.3 Å². The minimum absolute atomic E-state index is 0.0234. The van der Waals surface area contributed by atoms with Gasteiger partial charge in [0.05, 0.1) is 205 Å². The highest BCUT2D eigenvalue weighted by Gasteiger charge is 2.40. The van der Waals surface area contributed by atoms with E-state index in [-0.39, 0.29) is 129 Å². The van der Waals surface area contributed by atoms with Crippen molar-refractivity contribution in [2.24, 2.45) is 0 Å². The van der Waals surface area contributed by atoms with E-state index < -0.39 is 63.6 Å². The number of nitrogens with zero attached hydrogens (tertiary/aromatic N) is 14. The molecule has 136 heavy (non-hydrogen) atoms. The zero-order chi connectivity index (χ0) is 95.0. The predicted octanol–water partition coefficient (Wildman–Crippen LogP) is 28.5. The largest absolute Gasteiger partial charge is 0.416 e. The van der Waals surface area contributed by atoms with Gasteiger partial charge >= 0.3 is 24.7 Å². The Kier molecular flexibility index (Phi) is 19.9. The summed E-state index contributed by atoms with van der Waals surface area (Å²) in [5.74, 6) is 0. The van der Waals surface area contributed by atoms with Crippen LogP contribution in [0.1, 0.15) is 77.9 Å². The van der Waals surface area contributed by atoms with E-state index >= 15 is 52.7 Å². The first-order chi connectivity index (χ1) is 65.5. The van der Waals surface area contributed by atoms with Crippen LogP contribution >= 0.6 is 0 Å². The lowest BCUT2D eigenvalue weighted by Gasteiger charge is -2.21. The van der Waals surface area contributed by atoms with Crippen LogP contribution in [0.15, 0.2) is 291 Å². The number of nitriles is 10. The highest BCUT2D eigenvalue weighted by Crippen LogP contribution is 2.51. The summed E-state index contributed by atoms with van der Waals surface area (Å²) in [5.41, 5.74) is -1.96. The molecule has 16 aromatic carbocycles. The van der Waals surface area contributed by atoms with Crippen LogP contribution in [0.2, 0.25) is 0 Å². The molecular weight excluding hydrogens is 1750 g/mol. The Bertz CT molecular complexity index is 9150. The van der Waals surface area contributed by atoms with Crippen molar-refractivity contribution in [1.29, 1.82) is 52.6 Å². The second-order valence-electron chi connectivity index (χ2n) is 32.3. The molecule has 20 rings (SSSR count). The van der Waals surface area contributed by atoms with E-state index in [0.717, 1.165) is 0 Å². The summed E-state index contributed by atoms with van der Waals surface area (Å²) in [6, 6.07) is 92.4. The van der Waals surface area contributed by atoms with Gasteiger partial charge in [-0.2, -0.15) is 105 Å². The van der Waals surface area contributed by atoms with Crippen molar-refractivity contribution in [3.05, 3.63) is 369 Å². The number of rotatable bonds is 11. The van der Waals surface area contributed by atoms with Gasteiger partial charge in [0.15, 0.2) is 0 Å². The Morgan fingerprint density at radius 2 is 0.449 bits per heavy atom. The average Bonchev–Trinajstić information content (AvgIpc) is 1.54. The fourth-order valence-electron chi connectivity index (χ4n) is 18.8. The lowest BCUT2D eigenvalue weighted by atomic mass is 9.88. The monoisotopic (exact) mass is 1790 g/mol. The van der Waals surface area contributed by atoms with Crippen molar-refractivity contribution in [3.8, 4) is 161 Å². The molecule has 0 aliphatic carbocycles. The van der Waals surface area contributed by atoms with Gasteiger partial charge in [0.2, 0.25) is 0 Å². The number of fused-ring (bicyclic) bond motifs is 12. The third kappa shape index (κ3) is 14.0. The molecular formula is C110H48F12N14. The fourth-order valence-corrected chi connectivity index (χ4v) is 18.8. The van der Waals surface area contributed by atoms with Crippen LogP contribution in [-0.4, -0.2) is 18.3 Å². The third-order valence-electron chi connectivity index (χ3n) is 24.7. The molecule has 14 nitrogen and oxygen atoms in total. The molecule has 20 aromatic rings. The van der Waals surface area contributed by atoms with Gasteiger partial charge in [-0.05, 0) is 231 Å². The molecule has 0 amide bonds. The molecule has 0 unspecified atom stereocenters. The molecule has 0 saturated carbocycles. The Morgan fingerprint density at radius 3 is 0.801 bits per heavy atom. The fraction of sp³-hybridized carbons (Fsp3) is 0.0364. The first-order valence-electron chi connectivity index (χ1n) is 41.3. The second kappa shape index (κ2) is 31.9. The number of benzene rings is 16. The smallest absolute Gasteiger partial charge is 0.307 e. The lowest BCUT2D eigenvalue weighted by Crippen LogP contribution is -2.11. The van der Waals surface area contributed by atoms with Gasteiger partial charge in [-0.3, -0.25) is 0 Å². The molecule has 4 heterocycles. The van der Waals surface area contributed by atoms with E-state index in [1.807, 2.05) is 12.1 Å². The number of alkyl halides is 12. The highest BCUT2D eigenvalue weighted by atomic mass is 19.4. The summed E-state index contributed by atoms with van der Waals surface area (Å²) in [6.07, 6.45) is -21.4. The van der Waals surface area contributed by atoms with Gasteiger partial charge in [-0.15, -0.1) is 0 Å². The maximum absolute atomic E-state index is 15.2. The zero-order valence-electron chi connectivity index (χ0n) is 69.5. The van der Waals surface area contributed by atoms with Crippen LogP contribution in [0.25, 0.3) is 188 Å². The van der Waals surface area contributed by atoms with E-state index in [0.29, 0.717) is 134 Å². The first-order valence-corrected chi connectivity index (χ1v) is 41.3. The summed E-state index contributed by atoms with van der Waals surface area (Å²) in [5, 5.41) is 112. The SMILES string of the molecule is N#Cc1ccc(-c2ccc3c(c2)c2ccccc2n3-c2cc(-c3cc(C(F)(F)F)cc(C(F)(F)F)c3)c(C#N)cc2-n2c3ccc(-c4ccc(C#N)cc4C#N)cc3c3ccc(-c4cc(C#N)cc(C#N)c4-c4ccc5c6ccccc6n(-c6cc(-c7cc(C(F)(F)F)cc(C(F)(F)F)c7)c(C#N)cc6-n6c7ccccc7c7ccc(-c8ccc(C#N)cc8C#N)cc76)c5c4)cc32)c(C#N)c1. The summed E-state index contributed by atoms with van der Waals surface area (Å²) < 4.78 is 189. The normalized spacial score (nSPS) is 11.8. The molecule has 0 aliphatic heterocycles. The van der Waals surface area contributed by atoms with E-state index in [2.05, 4.69) is 54.6 Å². The van der Waals surface area contributed by atoms with E-state index in [1.165, 1.54) is 72.8 Å². The van der Waals surface area contributed by atoms with Gasteiger partial charge in [-0.25, -0.2) is 0 Å². The minimum Gasteiger partial charge on any atom is -0.307 e. The summed E-state index contributed by atoms with van der Waals surface area (Å²) in [7, 11) is 0. The minimum atomic E-state index is -5.36. The summed E-state index contributed by atoms with van der Waals surface area (Å²) >= 11 is 0. The number of hydrogen-bond donors (Lipinski definition) is 0. The van der Waals surface area contributed by atoms with E-state index in [1.54, 1.807) is 194 Å². The standard InChI is InChI=1S/C110H48F12N14/c111-107(112,113)76-34-68(35-77(45-76)108(114,115)116)89-47-104(133-96-12-6-3-9-85(96)92-38-63(19-27-97(92)133)80-21-13-59(49-123)29-70(80)53-127)102(43-73(89)56-130)136-98-28-20-64(81-22-14-60(50-124)30-71(81)54-128)39-93(98)88-25-17-66(41-100(88)136)91-33-62(52-126)32-75(58-132)106(91)67-18-26-87-84-8-2-5-11-95(84)135(101(87)42-67)105-48-90(69-36-78(109(117,118)119)46-79(37-69)110(120,121)122)74(57-131)44-103(105)134-94-10-4-1-7-83(94)86-24-16-65(40-99(86)134)82-23-15-61(51-125)31-72(82)55-129/h1-48H. The van der Waals surface area contributed by atoms with Crippen molar-refractivity contribution in [1.82, 2.24) is 18.3 Å². The Balaban J connectivity index is 0.881. The van der Waals surface area contributed by atoms with Crippen LogP contribution in [0.3, 0.4) is 0 Å². The van der Waals surface area contributed by atoms with Gasteiger partial charge in [-0.1, -0.05) is 121 Å². The Hall–Kier alpha value is -19.2. The number of hydrogen-bond acceptors (Lipinski definition) is 10. The molecule has 0 fully saturated rings. The molecule has 0 saturated heterocycles. The quantitative estimate of drug-likeness (QED) is 0.111. The van der Waals surface area contributed by atoms with Crippen molar-refractivity contribution >= 4 is 87.2 Å². The molecule has 4 aromatic heterocycles. The van der Waals surface area contributed by atoms with Crippen molar-refractivity contribution < 1.29 is 52.7 Å². The van der Waals surface area contributed by atoms with Crippen molar-refractivity contribution in [2.75, 3.05) is 0 Å². The summed E-state index contributed by atoms with van der Waals surface area (Å²) in [4.78, 5) is 0. The highest BCUT2D eigenvalue weighted by molar-refractivity contribution is 6.17. The van der Waals surface area contributed by atoms with Crippen LogP contribution < -0.4 is 0 Å². The van der Waals surface area contributed by atoms with Crippen molar-refractivity contribution in [2.45, 2.75) is 24.7 Å². The molecule has 0 radical (unpaired) electrons. The molecule has 0 aliphatic rings. The molecule has 0 bridgehead atoms. The first kappa shape index (κ1) is 84.9. The van der Waals surface area contributed by atoms with Crippen LogP contribution in [0.4, 0.5) is 52.7 Å². The topological polar surface area (TPSA) is 258 Å². The second-order valence-corrected chi connectivity index (χ2v) is 32.3.